The summed E-state index contributed by atoms with van der Waals surface area (Å²) >= 11 is 12.0. The highest BCUT2D eigenvalue weighted by atomic mass is 79.9. The van der Waals surface area contributed by atoms with E-state index in [0.717, 1.165) is 16.8 Å². The van der Waals surface area contributed by atoms with E-state index in [1.54, 1.807) is 24.3 Å². The first-order chi connectivity index (χ1) is 16.3. The van der Waals surface area contributed by atoms with Gasteiger partial charge in [0.25, 0.3) is 11.4 Å². The lowest BCUT2D eigenvalue weighted by Crippen LogP contribution is -2.31. The lowest BCUT2D eigenvalue weighted by Gasteiger charge is -2.38. The molecular weight excluding hydrogens is 542 g/mol. The summed E-state index contributed by atoms with van der Waals surface area (Å²) in [4.78, 5) is 22.9. The van der Waals surface area contributed by atoms with E-state index < -0.39 is 4.92 Å². The largest absolute Gasteiger partial charge is 0.377 e. The van der Waals surface area contributed by atoms with Crippen molar-refractivity contribution in [3.63, 3.8) is 0 Å². The highest BCUT2D eigenvalue weighted by Crippen LogP contribution is 2.59. The number of hydrogen-bond acceptors (Lipinski definition) is 6. The van der Waals surface area contributed by atoms with Gasteiger partial charge >= 0.3 is 0 Å². The summed E-state index contributed by atoms with van der Waals surface area (Å²) in [5, 5.41) is 26.3. The van der Waals surface area contributed by atoms with Crippen LogP contribution < -0.4 is 5.32 Å². The number of nitro groups is 2. The number of nitrogens with zero attached hydrogens (tertiary/aromatic N) is 2. The topological polar surface area (TPSA) is 98.3 Å². The van der Waals surface area contributed by atoms with Gasteiger partial charge in [0.2, 0.25) is 0 Å². The molecule has 3 aromatic carbocycles. The molecule has 34 heavy (non-hydrogen) atoms. The van der Waals surface area contributed by atoms with Crippen molar-refractivity contribution >= 4 is 56.4 Å². The van der Waals surface area contributed by atoms with E-state index in [1.807, 2.05) is 18.2 Å². The van der Waals surface area contributed by atoms with Gasteiger partial charge in [0, 0.05) is 33.8 Å². The van der Waals surface area contributed by atoms with Crippen molar-refractivity contribution in [2.45, 2.75) is 33.9 Å². The van der Waals surface area contributed by atoms with Crippen LogP contribution in [0.2, 0.25) is 0 Å². The molecule has 0 aromatic heterocycles. The number of para-hydroxylation sites is 1. The minimum absolute atomic E-state index is 0.00278. The Kier molecular flexibility index (Phi) is 6.26. The Bertz CT molecular complexity index is 1280. The standard InChI is InChI=1S/C24H19BrClN3O4S/c25-17-11-14(28(30)31)10-15-21-16(23(27-24(15)17)13-6-2-1-3-7-13)12-20(22(21)26)34-19-9-5-4-8-18(19)29(32)33/h1-11,16,20-23,27H,12H2/t16-,20+,21-,22+,23-/m1/s1. The molecule has 3 aromatic rings. The molecule has 5 rings (SSSR count). The van der Waals surface area contributed by atoms with Crippen LogP contribution in [0.4, 0.5) is 17.1 Å². The van der Waals surface area contributed by atoms with E-state index >= 15 is 0 Å². The summed E-state index contributed by atoms with van der Waals surface area (Å²) in [6.07, 6.45) is 0.710. The average Bonchev–Trinajstić information content (AvgIpc) is 3.15. The van der Waals surface area contributed by atoms with Crippen LogP contribution in [-0.4, -0.2) is 20.5 Å². The zero-order valence-electron chi connectivity index (χ0n) is 17.6. The van der Waals surface area contributed by atoms with Crippen LogP contribution in [-0.2, 0) is 0 Å². The van der Waals surface area contributed by atoms with Crippen LogP contribution in [0.1, 0.15) is 29.5 Å². The average molecular weight is 561 g/mol. The van der Waals surface area contributed by atoms with Gasteiger partial charge in [-0.1, -0.05) is 42.5 Å². The number of fused-ring (bicyclic) bond motifs is 3. The molecule has 174 valence electrons. The monoisotopic (exact) mass is 559 g/mol. The van der Waals surface area contributed by atoms with Gasteiger partial charge in [-0.25, -0.2) is 0 Å². The Morgan fingerprint density at radius 2 is 1.71 bits per heavy atom. The van der Waals surface area contributed by atoms with E-state index in [4.69, 9.17) is 11.6 Å². The van der Waals surface area contributed by atoms with Crippen LogP contribution in [0.5, 0.6) is 0 Å². The number of nitro benzene ring substituents is 2. The van der Waals surface area contributed by atoms with Crippen molar-refractivity contribution in [3.05, 3.63) is 103 Å². The van der Waals surface area contributed by atoms with E-state index in [2.05, 4.69) is 33.4 Å². The van der Waals surface area contributed by atoms with Crippen LogP contribution in [0.15, 0.2) is 76.1 Å². The smallest absolute Gasteiger partial charge is 0.282 e. The number of benzene rings is 3. The molecule has 2 aliphatic rings. The summed E-state index contributed by atoms with van der Waals surface area (Å²) in [7, 11) is 0. The predicted molar refractivity (Wildman–Crippen MR) is 137 cm³/mol. The molecule has 0 amide bonds. The molecule has 1 N–H and O–H groups in total. The van der Waals surface area contributed by atoms with E-state index in [1.165, 1.54) is 23.9 Å². The second-order valence-corrected chi connectivity index (χ2v) is 11.1. The Balaban J connectivity index is 1.58. The number of nitrogens with one attached hydrogen (secondary N) is 1. The zero-order valence-corrected chi connectivity index (χ0v) is 20.8. The highest BCUT2D eigenvalue weighted by molar-refractivity contribution is 9.10. The maximum atomic E-state index is 11.6. The molecule has 0 bridgehead atoms. The van der Waals surface area contributed by atoms with Gasteiger partial charge in [-0.2, -0.15) is 0 Å². The van der Waals surface area contributed by atoms with E-state index in [0.29, 0.717) is 15.8 Å². The van der Waals surface area contributed by atoms with Gasteiger partial charge in [0.05, 0.1) is 31.8 Å². The molecule has 1 aliphatic carbocycles. The molecule has 1 heterocycles. The summed E-state index contributed by atoms with van der Waals surface area (Å²) < 4.78 is 0.620. The summed E-state index contributed by atoms with van der Waals surface area (Å²) in [5.74, 6) is -0.0915. The van der Waals surface area contributed by atoms with Crippen molar-refractivity contribution in [2.24, 2.45) is 5.92 Å². The molecule has 0 saturated heterocycles. The predicted octanol–water partition coefficient (Wildman–Crippen LogP) is 7.30. The molecule has 5 atom stereocenters. The maximum Gasteiger partial charge on any atom is 0.282 e. The third kappa shape index (κ3) is 4.06. The first-order valence-electron chi connectivity index (χ1n) is 10.7. The SMILES string of the molecule is O=[N+]([O-])c1cc(Br)c2c(c1)[C@H]1[C@@H](Cl)[C@@H](Sc3ccccc3[N+](=O)[O-])C[C@H]1[C@@H](c1ccccc1)N2. The molecule has 1 fully saturated rings. The van der Waals surface area contributed by atoms with E-state index in [9.17, 15) is 20.2 Å². The molecule has 7 nitrogen and oxygen atoms in total. The van der Waals surface area contributed by atoms with Gasteiger partial charge in [0.1, 0.15) is 0 Å². The fourth-order valence-electron chi connectivity index (χ4n) is 5.13. The third-order valence-corrected chi connectivity index (χ3v) is 9.30. The number of thioether (sulfide) groups is 1. The fourth-order valence-corrected chi connectivity index (χ4v) is 7.65. The Hall–Kier alpha value is -2.62. The van der Waals surface area contributed by atoms with Gasteiger partial charge in [0.15, 0.2) is 0 Å². The first-order valence-corrected chi connectivity index (χ1v) is 12.8. The fraction of sp³-hybridized carbons (Fsp3) is 0.250. The van der Waals surface area contributed by atoms with Gasteiger partial charge in [-0.05, 0) is 45.5 Å². The normalized spacial score (nSPS) is 25.2. The van der Waals surface area contributed by atoms with Crippen LogP contribution >= 0.6 is 39.3 Å². The van der Waals surface area contributed by atoms with Crippen LogP contribution in [0.3, 0.4) is 0 Å². The van der Waals surface area contributed by atoms with Crippen LogP contribution in [0, 0.1) is 26.1 Å². The molecule has 1 aliphatic heterocycles. The first kappa shape index (κ1) is 23.1. The van der Waals surface area contributed by atoms with Gasteiger partial charge < -0.3 is 5.32 Å². The van der Waals surface area contributed by atoms with Gasteiger partial charge in [-0.3, -0.25) is 20.2 Å². The molecule has 0 unspecified atom stereocenters. The number of rotatable bonds is 5. The minimum atomic E-state index is -0.402. The number of hydrogen-bond donors (Lipinski definition) is 1. The Labute approximate surface area is 213 Å². The van der Waals surface area contributed by atoms with Crippen molar-refractivity contribution in [3.8, 4) is 0 Å². The lowest BCUT2D eigenvalue weighted by atomic mass is 9.77. The molecule has 0 radical (unpaired) electrons. The number of anilines is 1. The summed E-state index contributed by atoms with van der Waals surface area (Å²) in [6, 6.07) is 19.8. The second-order valence-electron chi connectivity index (χ2n) is 8.43. The molecule has 10 heteroatoms. The van der Waals surface area contributed by atoms with Crippen molar-refractivity contribution in [1.29, 1.82) is 0 Å². The second kappa shape index (κ2) is 9.20. The Morgan fingerprint density at radius 3 is 2.41 bits per heavy atom. The summed E-state index contributed by atoms with van der Waals surface area (Å²) in [6.45, 7) is 0. The highest BCUT2D eigenvalue weighted by Gasteiger charge is 2.51. The third-order valence-electron chi connectivity index (χ3n) is 6.57. The molecular formula is C24H19BrClN3O4S. The van der Waals surface area contributed by atoms with Crippen LogP contribution in [0.25, 0.3) is 0 Å². The number of alkyl halides is 1. The zero-order chi connectivity index (χ0) is 24.0. The van der Waals surface area contributed by atoms with Crippen molar-refractivity contribution in [1.82, 2.24) is 0 Å². The van der Waals surface area contributed by atoms with Gasteiger partial charge in [-0.15, -0.1) is 23.4 Å². The number of non-ortho nitro benzene ring substituents is 1. The van der Waals surface area contributed by atoms with Crippen molar-refractivity contribution in [2.75, 3.05) is 5.32 Å². The maximum absolute atomic E-state index is 11.6. The lowest BCUT2D eigenvalue weighted by molar-refractivity contribution is -0.387. The number of halogens is 2. The summed E-state index contributed by atoms with van der Waals surface area (Å²) in [5.41, 5.74) is 2.78. The Morgan fingerprint density at radius 1 is 1.00 bits per heavy atom. The molecule has 0 spiro atoms. The van der Waals surface area contributed by atoms with Crippen molar-refractivity contribution < 1.29 is 9.85 Å². The quantitative estimate of drug-likeness (QED) is 0.200. The van der Waals surface area contributed by atoms with E-state index in [-0.39, 0.29) is 44.8 Å². The molecule has 1 saturated carbocycles. The minimum Gasteiger partial charge on any atom is -0.377 e.